The molecule has 0 amide bonds. The van der Waals surface area contributed by atoms with Crippen LogP contribution in [-0.2, 0) is 9.31 Å². The molecule has 1 aromatic heterocycles. The number of furan rings is 1. The Morgan fingerprint density at radius 2 is 1.27 bits per heavy atom. The summed E-state index contributed by atoms with van der Waals surface area (Å²) >= 11 is 0. The van der Waals surface area contributed by atoms with Crippen LogP contribution < -0.4 is 5.46 Å². The molecule has 0 aliphatic carbocycles. The minimum Gasteiger partial charge on any atom is -0.456 e. The van der Waals surface area contributed by atoms with Crippen LogP contribution in [0.1, 0.15) is 27.7 Å². The lowest BCUT2D eigenvalue weighted by Gasteiger charge is -2.32. The third-order valence-corrected chi connectivity index (χ3v) is 6.88. The Balaban J connectivity index is 1.58. The summed E-state index contributed by atoms with van der Waals surface area (Å²) in [6.07, 6.45) is 0. The van der Waals surface area contributed by atoms with Gasteiger partial charge in [-0.1, -0.05) is 48.5 Å². The SMILES string of the molecule is CC1(C)OB(c2ccc3ccc4cc5oc6ccccc6c5cc4c3c2)OC1(C)C. The fourth-order valence-corrected chi connectivity index (χ4v) is 4.42. The average molecular weight is 394 g/mol. The van der Waals surface area contributed by atoms with Crippen molar-refractivity contribution in [1.29, 1.82) is 0 Å². The summed E-state index contributed by atoms with van der Waals surface area (Å²) in [4.78, 5) is 0. The van der Waals surface area contributed by atoms with Crippen LogP contribution in [0.2, 0.25) is 0 Å². The van der Waals surface area contributed by atoms with Crippen molar-refractivity contribution in [3.05, 3.63) is 66.7 Å². The topological polar surface area (TPSA) is 31.6 Å². The maximum atomic E-state index is 6.29. The first kappa shape index (κ1) is 18.0. The molecule has 2 heterocycles. The minimum atomic E-state index is -0.367. The molecule has 30 heavy (non-hydrogen) atoms. The smallest absolute Gasteiger partial charge is 0.456 e. The highest BCUT2D eigenvalue weighted by molar-refractivity contribution is 6.62. The van der Waals surface area contributed by atoms with Crippen LogP contribution in [0.25, 0.3) is 43.5 Å². The molecule has 4 aromatic carbocycles. The highest BCUT2D eigenvalue weighted by Gasteiger charge is 2.51. The summed E-state index contributed by atoms with van der Waals surface area (Å²) in [7, 11) is -0.367. The molecule has 1 aliphatic heterocycles. The number of hydrogen-bond acceptors (Lipinski definition) is 3. The number of hydrogen-bond donors (Lipinski definition) is 0. The minimum absolute atomic E-state index is 0.354. The second-order valence-electron chi connectivity index (χ2n) is 9.30. The predicted octanol–water partition coefficient (Wildman–Crippen LogP) is 6.19. The number of para-hydroxylation sites is 1. The molecule has 5 aromatic rings. The van der Waals surface area contributed by atoms with E-state index in [1.807, 2.05) is 12.1 Å². The predicted molar refractivity (Wildman–Crippen MR) is 124 cm³/mol. The van der Waals surface area contributed by atoms with E-state index in [2.05, 4.69) is 82.3 Å². The standard InChI is InChI=1S/C26H23BO3/c1-25(2)26(3,4)30-27(29-25)18-12-11-16-9-10-17-13-24-22(15-21(17)20(16)14-18)19-7-5-6-8-23(19)28-24/h5-15H,1-4H3. The van der Waals surface area contributed by atoms with E-state index in [-0.39, 0.29) is 18.3 Å². The van der Waals surface area contributed by atoms with E-state index < -0.39 is 0 Å². The lowest BCUT2D eigenvalue weighted by atomic mass is 9.78. The van der Waals surface area contributed by atoms with Gasteiger partial charge in [0.15, 0.2) is 0 Å². The largest absolute Gasteiger partial charge is 0.494 e. The molecule has 0 bridgehead atoms. The van der Waals surface area contributed by atoms with Gasteiger partial charge in [-0.15, -0.1) is 0 Å². The number of fused-ring (bicyclic) bond motifs is 6. The van der Waals surface area contributed by atoms with Crippen molar-refractivity contribution >= 4 is 56.1 Å². The summed E-state index contributed by atoms with van der Waals surface area (Å²) in [6.45, 7) is 8.35. The Morgan fingerprint density at radius 3 is 2.07 bits per heavy atom. The summed E-state index contributed by atoms with van der Waals surface area (Å²) in [6, 6.07) is 23.4. The first-order valence-corrected chi connectivity index (χ1v) is 10.5. The normalized spacial score (nSPS) is 18.2. The summed E-state index contributed by atoms with van der Waals surface area (Å²) in [5.74, 6) is 0. The lowest BCUT2D eigenvalue weighted by molar-refractivity contribution is 0.00578. The highest BCUT2D eigenvalue weighted by atomic mass is 16.7. The van der Waals surface area contributed by atoms with E-state index in [1.54, 1.807) is 0 Å². The molecule has 1 aliphatic rings. The van der Waals surface area contributed by atoms with Crippen molar-refractivity contribution in [2.24, 2.45) is 0 Å². The zero-order valence-electron chi connectivity index (χ0n) is 17.7. The average Bonchev–Trinajstić information content (AvgIpc) is 3.18. The van der Waals surface area contributed by atoms with Gasteiger partial charge >= 0.3 is 7.12 Å². The van der Waals surface area contributed by atoms with Gasteiger partial charge in [-0.2, -0.15) is 0 Å². The van der Waals surface area contributed by atoms with Crippen LogP contribution in [0.15, 0.2) is 71.1 Å². The first-order valence-electron chi connectivity index (χ1n) is 10.5. The molecule has 148 valence electrons. The first-order chi connectivity index (χ1) is 14.3. The summed E-state index contributed by atoms with van der Waals surface area (Å²) < 4.78 is 18.7. The Bertz CT molecular complexity index is 1450. The van der Waals surface area contributed by atoms with Crippen LogP contribution in [0.4, 0.5) is 0 Å². The Kier molecular flexibility index (Phi) is 3.52. The third kappa shape index (κ3) is 2.47. The van der Waals surface area contributed by atoms with Gasteiger partial charge in [-0.25, -0.2) is 0 Å². The van der Waals surface area contributed by atoms with Crippen molar-refractivity contribution in [2.45, 2.75) is 38.9 Å². The number of benzene rings is 4. The summed E-state index contributed by atoms with van der Waals surface area (Å²) in [5.41, 5.74) is 2.18. The molecule has 0 saturated carbocycles. The van der Waals surface area contributed by atoms with E-state index in [9.17, 15) is 0 Å². The maximum absolute atomic E-state index is 6.29. The van der Waals surface area contributed by atoms with Crippen LogP contribution in [0.3, 0.4) is 0 Å². The van der Waals surface area contributed by atoms with Gasteiger partial charge in [0.05, 0.1) is 11.2 Å². The monoisotopic (exact) mass is 394 g/mol. The molecule has 3 nitrogen and oxygen atoms in total. The fourth-order valence-electron chi connectivity index (χ4n) is 4.42. The lowest BCUT2D eigenvalue weighted by Crippen LogP contribution is -2.41. The number of rotatable bonds is 1. The molecule has 0 spiro atoms. The van der Waals surface area contributed by atoms with Crippen molar-refractivity contribution in [3.63, 3.8) is 0 Å². The van der Waals surface area contributed by atoms with Crippen molar-refractivity contribution in [3.8, 4) is 0 Å². The van der Waals surface area contributed by atoms with E-state index in [1.165, 1.54) is 21.5 Å². The highest BCUT2D eigenvalue weighted by Crippen LogP contribution is 2.38. The molecular formula is C26H23BO3. The molecule has 1 fully saturated rings. The molecule has 4 heteroatoms. The quantitative estimate of drug-likeness (QED) is 0.251. The fraction of sp³-hybridized carbons (Fsp3) is 0.231. The van der Waals surface area contributed by atoms with Crippen LogP contribution in [-0.4, -0.2) is 18.3 Å². The van der Waals surface area contributed by atoms with Gasteiger partial charge in [0.25, 0.3) is 0 Å². The van der Waals surface area contributed by atoms with E-state index >= 15 is 0 Å². The third-order valence-electron chi connectivity index (χ3n) is 6.88. The van der Waals surface area contributed by atoms with Crippen LogP contribution >= 0.6 is 0 Å². The van der Waals surface area contributed by atoms with Gasteiger partial charge in [-0.05, 0) is 72.9 Å². The van der Waals surface area contributed by atoms with E-state index in [4.69, 9.17) is 13.7 Å². The van der Waals surface area contributed by atoms with Crippen molar-refractivity contribution in [1.82, 2.24) is 0 Å². The Labute approximate surface area is 175 Å². The van der Waals surface area contributed by atoms with Gasteiger partial charge in [0.2, 0.25) is 0 Å². The van der Waals surface area contributed by atoms with Crippen LogP contribution in [0.5, 0.6) is 0 Å². The molecule has 0 radical (unpaired) electrons. The van der Waals surface area contributed by atoms with E-state index in [0.29, 0.717) is 0 Å². The Morgan fingerprint density at radius 1 is 0.600 bits per heavy atom. The second-order valence-corrected chi connectivity index (χ2v) is 9.30. The van der Waals surface area contributed by atoms with Gasteiger partial charge in [0.1, 0.15) is 11.2 Å². The van der Waals surface area contributed by atoms with Gasteiger partial charge < -0.3 is 13.7 Å². The molecule has 0 unspecified atom stereocenters. The summed E-state index contributed by atoms with van der Waals surface area (Å²) in [5, 5.41) is 7.08. The van der Waals surface area contributed by atoms with Gasteiger partial charge in [-0.3, -0.25) is 0 Å². The zero-order chi connectivity index (χ0) is 20.7. The second kappa shape index (κ2) is 5.87. The van der Waals surface area contributed by atoms with E-state index in [0.717, 1.165) is 27.4 Å². The molecule has 6 rings (SSSR count). The maximum Gasteiger partial charge on any atom is 0.494 e. The molecule has 1 saturated heterocycles. The van der Waals surface area contributed by atoms with Crippen LogP contribution in [0, 0.1) is 0 Å². The van der Waals surface area contributed by atoms with Gasteiger partial charge in [0, 0.05) is 10.8 Å². The Hall–Kier alpha value is -2.82. The zero-order valence-corrected chi connectivity index (χ0v) is 17.7. The molecule has 0 N–H and O–H groups in total. The molecular weight excluding hydrogens is 371 g/mol. The van der Waals surface area contributed by atoms with Crippen molar-refractivity contribution in [2.75, 3.05) is 0 Å². The molecule has 0 atom stereocenters. The van der Waals surface area contributed by atoms with Crippen molar-refractivity contribution < 1.29 is 13.7 Å².